The highest BCUT2D eigenvalue weighted by atomic mass is 15.2. The Morgan fingerprint density at radius 1 is 1.22 bits per heavy atom. The summed E-state index contributed by atoms with van der Waals surface area (Å²) in [6, 6.07) is 7.88. The van der Waals surface area contributed by atoms with E-state index in [2.05, 4.69) is 14.9 Å². The maximum atomic E-state index is 5.95. The maximum Gasteiger partial charge on any atom is 0.150 e. The van der Waals surface area contributed by atoms with Gasteiger partial charge in [0.05, 0.1) is 11.4 Å². The zero-order chi connectivity index (χ0) is 13.1. The molecule has 0 spiro atoms. The van der Waals surface area contributed by atoms with Gasteiger partial charge in [0.25, 0.3) is 0 Å². The number of anilines is 2. The second-order valence-corrected chi connectivity index (χ2v) is 4.48. The number of hydrogen-bond acceptors (Lipinski definition) is 4. The van der Waals surface area contributed by atoms with Gasteiger partial charge in [-0.05, 0) is 25.5 Å². The van der Waals surface area contributed by atoms with Gasteiger partial charge in [0.1, 0.15) is 5.82 Å². The van der Waals surface area contributed by atoms with Gasteiger partial charge in [0.15, 0.2) is 0 Å². The van der Waals surface area contributed by atoms with Crippen molar-refractivity contribution >= 4 is 11.5 Å². The fourth-order valence-electron chi connectivity index (χ4n) is 1.89. The smallest absolute Gasteiger partial charge is 0.150 e. The van der Waals surface area contributed by atoms with E-state index in [1.54, 1.807) is 6.20 Å². The Morgan fingerprint density at radius 2 is 1.94 bits per heavy atom. The van der Waals surface area contributed by atoms with E-state index in [4.69, 9.17) is 5.73 Å². The van der Waals surface area contributed by atoms with E-state index in [0.717, 1.165) is 35.0 Å². The number of rotatable bonds is 3. The lowest BCUT2D eigenvalue weighted by Crippen LogP contribution is -2.20. The van der Waals surface area contributed by atoms with Crippen LogP contribution >= 0.6 is 0 Å². The van der Waals surface area contributed by atoms with Gasteiger partial charge < -0.3 is 10.6 Å². The molecule has 0 saturated carbocycles. The molecule has 0 amide bonds. The number of aryl methyl sites for hydroxylation is 2. The van der Waals surface area contributed by atoms with E-state index in [1.807, 2.05) is 45.2 Å². The summed E-state index contributed by atoms with van der Waals surface area (Å²) in [5.74, 6) is 0.901. The van der Waals surface area contributed by atoms with Crippen molar-refractivity contribution in [3.63, 3.8) is 0 Å². The molecule has 94 valence electrons. The van der Waals surface area contributed by atoms with Crippen molar-refractivity contribution in [2.24, 2.45) is 0 Å². The van der Waals surface area contributed by atoms with Crippen LogP contribution in [0.1, 0.15) is 17.0 Å². The molecular weight excluding hydrogens is 224 g/mol. The lowest BCUT2D eigenvalue weighted by Gasteiger charge is -2.20. The summed E-state index contributed by atoms with van der Waals surface area (Å²) in [6.07, 6.45) is 1.78. The van der Waals surface area contributed by atoms with Crippen LogP contribution in [-0.2, 0) is 6.54 Å². The maximum absolute atomic E-state index is 5.95. The number of benzene rings is 1. The van der Waals surface area contributed by atoms with Crippen LogP contribution in [0.3, 0.4) is 0 Å². The first-order valence-corrected chi connectivity index (χ1v) is 5.92. The number of para-hydroxylation sites is 1. The molecule has 4 nitrogen and oxygen atoms in total. The Kier molecular flexibility index (Phi) is 3.46. The second kappa shape index (κ2) is 5.04. The van der Waals surface area contributed by atoms with Crippen LogP contribution in [0.15, 0.2) is 30.5 Å². The molecule has 2 N–H and O–H groups in total. The normalized spacial score (nSPS) is 10.4. The topological polar surface area (TPSA) is 55.0 Å². The first-order valence-electron chi connectivity index (χ1n) is 5.92. The van der Waals surface area contributed by atoms with Crippen LogP contribution in [-0.4, -0.2) is 17.0 Å². The number of nitrogen functional groups attached to an aromatic ring is 1. The zero-order valence-electron chi connectivity index (χ0n) is 11.0. The van der Waals surface area contributed by atoms with E-state index < -0.39 is 0 Å². The molecule has 0 fully saturated rings. The van der Waals surface area contributed by atoms with Gasteiger partial charge >= 0.3 is 0 Å². The molecule has 0 aliphatic heterocycles. The molecule has 18 heavy (non-hydrogen) atoms. The summed E-state index contributed by atoms with van der Waals surface area (Å²) in [5.41, 5.74) is 9.71. The predicted octanol–water partition coefficient (Wildman–Crippen LogP) is 2.31. The van der Waals surface area contributed by atoms with Gasteiger partial charge in [0, 0.05) is 25.5 Å². The summed E-state index contributed by atoms with van der Waals surface area (Å²) < 4.78 is 0. The molecule has 0 bridgehead atoms. The first kappa shape index (κ1) is 12.4. The minimum absolute atomic E-state index is 0.728. The minimum atomic E-state index is 0.728. The SMILES string of the molecule is Cc1cnc(C)c(N(C)Cc2ccccc2N)n1. The molecule has 0 radical (unpaired) electrons. The van der Waals surface area contributed by atoms with Gasteiger partial charge in [-0.1, -0.05) is 18.2 Å². The first-order chi connectivity index (χ1) is 8.58. The van der Waals surface area contributed by atoms with Crippen molar-refractivity contribution in [3.8, 4) is 0 Å². The Labute approximate surface area is 107 Å². The molecule has 1 aromatic carbocycles. The Balaban J connectivity index is 2.25. The highest BCUT2D eigenvalue weighted by Crippen LogP contribution is 2.19. The van der Waals surface area contributed by atoms with Crippen LogP contribution in [0.25, 0.3) is 0 Å². The van der Waals surface area contributed by atoms with Gasteiger partial charge in [-0.3, -0.25) is 4.98 Å². The van der Waals surface area contributed by atoms with Crippen molar-refractivity contribution in [1.29, 1.82) is 0 Å². The van der Waals surface area contributed by atoms with Crippen molar-refractivity contribution in [3.05, 3.63) is 47.4 Å². The van der Waals surface area contributed by atoms with E-state index >= 15 is 0 Å². The summed E-state index contributed by atoms with van der Waals surface area (Å²) >= 11 is 0. The number of nitrogens with two attached hydrogens (primary N) is 1. The minimum Gasteiger partial charge on any atom is -0.398 e. The van der Waals surface area contributed by atoms with Crippen molar-refractivity contribution in [2.45, 2.75) is 20.4 Å². The third-order valence-electron chi connectivity index (χ3n) is 2.88. The lowest BCUT2D eigenvalue weighted by molar-refractivity contribution is 0.871. The third kappa shape index (κ3) is 2.59. The molecule has 0 atom stereocenters. The quantitative estimate of drug-likeness (QED) is 0.839. The molecule has 2 rings (SSSR count). The van der Waals surface area contributed by atoms with Crippen LogP contribution in [0, 0.1) is 13.8 Å². The molecular formula is C14H18N4. The highest BCUT2D eigenvalue weighted by molar-refractivity contribution is 5.50. The summed E-state index contributed by atoms with van der Waals surface area (Å²) in [5, 5.41) is 0. The molecule has 0 aliphatic carbocycles. The third-order valence-corrected chi connectivity index (χ3v) is 2.88. The molecule has 1 aromatic heterocycles. The van der Waals surface area contributed by atoms with Gasteiger partial charge in [0.2, 0.25) is 0 Å². The number of nitrogens with zero attached hydrogens (tertiary/aromatic N) is 3. The van der Waals surface area contributed by atoms with Crippen LogP contribution in [0.2, 0.25) is 0 Å². The fourth-order valence-corrected chi connectivity index (χ4v) is 1.89. The standard InChI is InChI=1S/C14H18N4/c1-10-8-16-11(2)14(17-10)18(3)9-12-6-4-5-7-13(12)15/h4-8H,9,15H2,1-3H3. The Bertz CT molecular complexity index is 551. The molecule has 0 unspecified atom stereocenters. The monoisotopic (exact) mass is 242 g/mol. The second-order valence-electron chi connectivity index (χ2n) is 4.48. The lowest BCUT2D eigenvalue weighted by atomic mass is 10.1. The molecule has 1 heterocycles. The van der Waals surface area contributed by atoms with E-state index in [9.17, 15) is 0 Å². The van der Waals surface area contributed by atoms with E-state index in [-0.39, 0.29) is 0 Å². The van der Waals surface area contributed by atoms with Crippen LogP contribution in [0.4, 0.5) is 11.5 Å². The summed E-state index contributed by atoms with van der Waals surface area (Å²) in [4.78, 5) is 10.9. The van der Waals surface area contributed by atoms with Gasteiger partial charge in [-0.2, -0.15) is 0 Å². The van der Waals surface area contributed by atoms with E-state index in [1.165, 1.54) is 0 Å². The fraction of sp³-hybridized carbons (Fsp3) is 0.286. The van der Waals surface area contributed by atoms with Gasteiger partial charge in [-0.15, -0.1) is 0 Å². The average molecular weight is 242 g/mol. The summed E-state index contributed by atoms with van der Waals surface area (Å²) in [7, 11) is 2.00. The molecule has 0 saturated heterocycles. The average Bonchev–Trinajstić information content (AvgIpc) is 2.35. The molecule has 0 aliphatic rings. The number of hydrogen-bond donors (Lipinski definition) is 1. The van der Waals surface area contributed by atoms with Crippen molar-refractivity contribution in [2.75, 3.05) is 17.7 Å². The number of aromatic nitrogens is 2. The molecule has 4 heteroatoms. The highest BCUT2D eigenvalue weighted by Gasteiger charge is 2.09. The summed E-state index contributed by atoms with van der Waals surface area (Å²) in [6.45, 7) is 4.64. The molecule has 2 aromatic rings. The predicted molar refractivity (Wildman–Crippen MR) is 74.5 cm³/mol. The van der Waals surface area contributed by atoms with Crippen LogP contribution < -0.4 is 10.6 Å². The van der Waals surface area contributed by atoms with E-state index in [0.29, 0.717) is 0 Å². The zero-order valence-corrected chi connectivity index (χ0v) is 11.0. The Hall–Kier alpha value is -2.10. The van der Waals surface area contributed by atoms with Crippen molar-refractivity contribution in [1.82, 2.24) is 9.97 Å². The Morgan fingerprint density at radius 3 is 2.67 bits per heavy atom. The van der Waals surface area contributed by atoms with Crippen LogP contribution in [0.5, 0.6) is 0 Å². The largest absolute Gasteiger partial charge is 0.398 e. The van der Waals surface area contributed by atoms with Crippen molar-refractivity contribution < 1.29 is 0 Å². The van der Waals surface area contributed by atoms with Gasteiger partial charge in [-0.25, -0.2) is 4.98 Å².